The lowest BCUT2D eigenvalue weighted by molar-refractivity contribution is 0.0259. The van der Waals surface area contributed by atoms with Crippen LogP contribution in [0.3, 0.4) is 0 Å². The summed E-state index contributed by atoms with van der Waals surface area (Å²) in [4.78, 5) is 12.1. The Labute approximate surface area is 120 Å². The molecule has 1 atom stereocenters. The smallest absolute Gasteiger partial charge is 0.255 e. The Morgan fingerprint density at radius 2 is 2.05 bits per heavy atom. The van der Waals surface area contributed by atoms with Crippen molar-refractivity contribution in [3.63, 3.8) is 0 Å². The van der Waals surface area contributed by atoms with E-state index < -0.39 is 6.10 Å². The number of nitrogens with zero attached hydrogens (tertiary/aromatic N) is 2. The van der Waals surface area contributed by atoms with E-state index in [1.54, 1.807) is 18.7 Å². The van der Waals surface area contributed by atoms with Crippen molar-refractivity contribution in [2.75, 3.05) is 19.8 Å². The third-order valence-electron chi connectivity index (χ3n) is 3.00. The van der Waals surface area contributed by atoms with E-state index in [1.165, 1.54) is 0 Å². The van der Waals surface area contributed by atoms with Crippen LogP contribution in [0.5, 0.6) is 0 Å². The highest BCUT2D eigenvalue weighted by Crippen LogP contribution is 2.11. The van der Waals surface area contributed by atoms with Gasteiger partial charge in [0.05, 0.1) is 24.0 Å². The minimum Gasteiger partial charge on any atom is -0.389 e. The van der Waals surface area contributed by atoms with E-state index in [-0.39, 0.29) is 19.1 Å². The Kier molecular flexibility index (Phi) is 6.16. The molecule has 1 aromatic heterocycles. The van der Waals surface area contributed by atoms with Crippen LogP contribution in [-0.4, -0.2) is 46.7 Å². The number of hydrogen-bond acceptors (Lipinski definition) is 4. The summed E-state index contributed by atoms with van der Waals surface area (Å²) in [5, 5.41) is 16.6. The summed E-state index contributed by atoms with van der Waals surface area (Å²) in [6.07, 6.45) is -0.699. The van der Waals surface area contributed by atoms with Crippen LogP contribution in [0.2, 0.25) is 0 Å². The average molecular weight is 283 g/mol. The molecule has 0 aliphatic carbocycles. The maximum Gasteiger partial charge on any atom is 0.255 e. The monoisotopic (exact) mass is 283 g/mol. The molecule has 0 bridgehead atoms. The number of amides is 1. The van der Waals surface area contributed by atoms with Crippen LogP contribution in [0.4, 0.5) is 0 Å². The summed E-state index contributed by atoms with van der Waals surface area (Å²) in [6, 6.07) is 0. The molecule has 1 heterocycles. The van der Waals surface area contributed by atoms with Crippen LogP contribution < -0.4 is 5.32 Å². The highest BCUT2D eigenvalue weighted by Gasteiger charge is 2.17. The fraction of sp³-hybridized carbons (Fsp3) is 0.714. The molecule has 6 nitrogen and oxygen atoms in total. The van der Waals surface area contributed by atoms with Crippen molar-refractivity contribution >= 4 is 5.91 Å². The molecule has 2 N–H and O–H groups in total. The van der Waals surface area contributed by atoms with Gasteiger partial charge in [-0.05, 0) is 19.8 Å². The van der Waals surface area contributed by atoms with Gasteiger partial charge in [-0.15, -0.1) is 0 Å². The second kappa shape index (κ2) is 7.40. The predicted octanol–water partition coefficient (Wildman–Crippen LogP) is 0.800. The molecule has 0 spiro atoms. The first-order chi connectivity index (χ1) is 9.32. The molecule has 1 amide bonds. The molecule has 0 fully saturated rings. The first kappa shape index (κ1) is 16.7. The van der Waals surface area contributed by atoms with Gasteiger partial charge in [0.1, 0.15) is 0 Å². The number of ether oxygens (including phenoxy) is 1. The molecule has 0 aromatic carbocycles. The zero-order valence-electron chi connectivity index (χ0n) is 12.9. The van der Waals surface area contributed by atoms with Crippen LogP contribution in [0.1, 0.15) is 35.6 Å². The van der Waals surface area contributed by atoms with Crippen LogP contribution in [0, 0.1) is 19.8 Å². The molecule has 0 saturated heterocycles. The largest absolute Gasteiger partial charge is 0.389 e. The van der Waals surface area contributed by atoms with Gasteiger partial charge < -0.3 is 15.2 Å². The van der Waals surface area contributed by atoms with Gasteiger partial charge in [0.2, 0.25) is 0 Å². The lowest BCUT2D eigenvalue weighted by Crippen LogP contribution is -2.35. The summed E-state index contributed by atoms with van der Waals surface area (Å²) in [5.41, 5.74) is 2.07. The zero-order valence-corrected chi connectivity index (χ0v) is 12.9. The molecule has 0 radical (unpaired) electrons. The fourth-order valence-corrected chi connectivity index (χ4v) is 1.90. The summed E-state index contributed by atoms with van der Waals surface area (Å²) in [6.45, 7) is 8.73. The topological polar surface area (TPSA) is 76.4 Å². The van der Waals surface area contributed by atoms with E-state index in [0.717, 1.165) is 5.69 Å². The molecule has 114 valence electrons. The van der Waals surface area contributed by atoms with E-state index in [4.69, 9.17) is 4.74 Å². The minimum atomic E-state index is -0.699. The van der Waals surface area contributed by atoms with Crippen molar-refractivity contribution in [2.24, 2.45) is 13.0 Å². The molecule has 0 saturated carbocycles. The SMILES string of the molecule is Cc1nn(C)c(C)c1C(=O)NCC(O)COCC(C)C. The van der Waals surface area contributed by atoms with Crippen LogP contribution in [0.15, 0.2) is 0 Å². The van der Waals surface area contributed by atoms with Crippen LogP contribution in [-0.2, 0) is 11.8 Å². The van der Waals surface area contributed by atoms with Gasteiger partial charge in [0, 0.05) is 25.9 Å². The third kappa shape index (κ3) is 4.61. The number of aryl methyl sites for hydroxylation is 2. The van der Waals surface area contributed by atoms with Crippen molar-refractivity contribution in [3.8, 4) is 0 Å². The molecular formula is C14H25N3O3. The first-order valence-electron chi connectivity index (χ1n) is 6.87. The van der Waals surface area contributed by atoms with Gasteiger partial charge in [0.15, 0.2) is 0 Å². The second-order valence-corrected chi connectivity index (χ2v) is 5.46. The van der Waals surface area contributed by atoms with Crippen molar-refractivity contribution in [3.05, 3.63) is 17.0 Å². The molecule has 20 heavy (non-hydrogen) atoms. The molecule has 1 unspecified atom stereocenters. The van der Waals surface area contributed by atoms with E-state index in [0.29, 0.717) is 23.8 Å². The number of rotatable bonds is 7. The quantitative estimate of drug-likeness (QED) is 0.776. The van der Waals surface area contributed by atoms with Gasteiger partial charge in [-0.25, -0.2) is 0 Å². The summed E-state index contributed by atoms with van der Waals surface area (Å²) in [5.74, 6) is 0.216. The Hall–Kier alpha value is -1.40. The molecule has 6 heteroatoms. The fourth-order valence-electron chi connectivity index (χ4n) is 1.90. The second-order valence-electron chi connectivity index (χ2n) is 5.46. The lowest BCUT2D eigenvalue weighted by atomic mass is 10.2. The number of aromatic nitrogens is 2. The number of aliphatic hydroxyl groups excluding tert-OH is 1. The summed E-state index contributed by atoms with van der Waals surface area (Å²) in [7, 11) is 1.80. The molecule has 0 aliphatic rings. The van der Waals surface area contributed by atoms with Crippen molar-refractivity contribution in [1.29, 1.82) is 0 Å². The van der Waals surface area contributed by atoms with Crippen molar-refractivity contribution < 1.29 is 14.6 Å². The highest BCUT2D eigenvalue weighted by atomic mass is 16.5. The van der Waals surface area contributed by atoms with Gasteiger partial charge in [-0.2, -0.15) is 5.10 Å². The van der Waals surface area contributed by atoms with E-state index in [9.17, 15) is 9.90 Å². The average Bonchev–Trinajstić information content (AvgIpc) is 2.60. The van der Waals surface area contributed by atoms with Gasteiger partial charge in [0.25, 0.3) is 5.91 Å². The molecule has 0 aliphatic heterocycles. The summed E-state index contributed by atoms with van der Waals surface area (Å²) >= 11 is 0. The number of carbonyl (C=O) groups is 1. The van der Waals surface area contributed by atoms with Crippen molar-refractivity contribution in [1.82, 2.24) is 15.1 Å². The molecule has 1 rings (SSSR count). The van der Waals surface area contributed by atoms with E-state index in [1.807, 2.05) is 20.8 Å². The Morgan fingerprint density at radius 1 is 1.40 bits per heavy atom. The van der Waals surface area contributed by atoms with Gasteiger partial charge in [-0.3, -0.25) is 9.48 Å². The predicted molar refractivity (Wildman–Crippen MR) is 76.7 cm³/mol. The van der Waals surface area contributed by atoms with Gasteiger partial charge >= 0.3 is 0 Å². The van der Waals surface area contributed by atoms with E-state index in [2.05, 4.69) is 10.4 Å². The van der Waals surface area contributed by atoms with Crippen molar-refractivity contribution in [2.45, 2.75) is 33.8 Å². The van der Waals surface area contributed by atoms with Crippen LogP contribution in [0.25, 0.3) is 0 Å². The standard InChI is InChI=1S/C14H25N3O3/c1-9(2)7-20-8-12(18)6-15-14(19)13-10(3)16-17(5)11(13)4/h9,12,18H,6-8H2,1-5H3,(H,15,19). The Bertz CT molecular complexity index is 455. The summed E-state index contributed by atoms with van der Waals surface area (Å²) < 4.78 is 7.00. The maximum atomic E-state index is 12.1. The maximum absolute atomic E-state index is 12.1. The van der Waals surface area contributed by atoms with E-state index >= 15 is 0 Å². The third-order valence-corrected chi connectivity index (χ3v) is 3.00. The number of hydrogen-bond donors (Lipinski definition) is 2. The molecule has 1 aromatic rings. The zero-order chi connectivity index (χ0) is 15.3. The lowest BCUT2D eigenvalue weighted by Gasteiger charge is -2.13. The number of carbonyl (C=O) groups excluding carboxylic acids is 1. The normalized spacial score (nSPS) is 12.8. The number of aliphatic hydroxyl groups is 1. The Morgan fingerprint density at radius 3 is 2.55 bits per heavy atom. The highest BCUT2D eigenvalue weighted by molar-refractivity contribution is 5.96. The number of nitrogens with one attached hydrogen (secondary N) is 1. The molecular weight excluding hydrogens is 258 g/mol. The first-order valence-corrected chi connectivity index (χ1v) is 6.87. The minimum absolute atomic E-state index is 0.171. The van der Waals surface area contributed by atoms with Crippen LogP contribution >= 0.6 is 0 Å². The van der Waals surface area contributed by atoms with Gasteiger partial charge in [-0.1, -0.05) is 13.8 Å². The Balaban J connectivity index is 2.43.